The average Bonchev–Trinajstić information content (AvgIpc) is 2.65. The van der Waals surface area contributed by atoms with Crippen molar-refractivity contribution in [1.82, 2.24) is 0 Å². The minimum Gasteiger partial charge on any atom is -0.478 e. The van der Waals surface area contributed by atoms with Crippen molar-refractivity contribution >= 4 is 17.6 Å². The highest BCUT2D eigenvalue weighted by Crippen LogP contribution is 2.46. The highest BCUT2D eigenvalue weighted by atomic mass is 35.5. The van der Waals surface area contributed by atoms with Gasteiger partial charge < -0.3 is 14.6 Å². The Morgan fingerprint density at radius 3 is 2.62 bits per heavy atom. The van der Waals surface area contributed by atoms with Crippen LogP contribution in [-0.4, -0.2) is 17.9 Å². The maximum absolute atomic E-state index is 11.1. The summed E-state index contributed by atoms with van der Waals surface area (Å²) < 4.78 is 10.5. The molecule has 5 heteroatoms. The number of carboxylic acid groups (broad SMARTS) is 1. The molecule has 0 aromatic heterocycles. The minimum atomic E-state index is -1.01. The number of carbonyl (C=O) groups is 1. The van der Waals surface area contributed by atoms with E-state index in [0.717, 1.165) is 0 Å². The SMILES string of the molecule is CC(C)c1c(C(=O)O)cc(Cl)c2c1OCO2. The van der Waals surface area contributed by atoms with Crippen molar-refractivity contribution in [3.63, 3.8) is 0 Å². The van der Waals surface area contributed by atoms with E-state index >= 15 is 0 Å². The van der Waals surface area contributed by atoms with Gasteiger partial charge in [0, 0.05) is 5.56 Å². The lowest BCUT2D eigenvalue weighted by molar-refractivity contribution is 0.0694. The van der Waals surface area contributed by atoms with Gasteiger partial charge in [0.05, 0.1) is 10.6 Å². The molecule has 16 heavy (non-hydrogen) atoms. The molecule has 1 aliphatic heterocycles. The van der Waals surface area contributed by atoms with E-state index in [2.05, 4.69) is 0 Å². The average molecular weight is 243 g/mol. The number of benzene rings is 1. The van der Waals surface area contributed by atoms with E-state index in [1.165, 1.54) is 6.07 Å². The van der Waals surface area contributed by atoms with E-state index in [4.69, 9.17) is 26.2 Å². The molecule has 0 radical (unpaired) electrons. The summed E-state index contributed by atoms with van der Waals surface area (Å²) >= 11 is 5.93. The number of rotatable bonds is 2. The van der Waals surface area contributed by atoms with Crippen molar-refractivity contribution in [2.75, 3.05) is 6.79 Å². The fourth-order valence-corrected chi connectivity index (χ4v) is 2.05. The van der Waals surface area contributed by atoms with Crippen LogP contribution in [0.1, 0.15) is 35.7 Å². The molecule has 1 heterocycles. The van der Waals surface area contributed by atoms with Gasteiger partial charge in [-0.2, -0.15) is 0 Å². The van der Waals surface area contributed by atoms with Crippen molar-refractivity contribution < 1.29 is 19.4 Å². The van der Waals surface area contributed by atoms with Gasteiger partial charge in [0.25, 0.3) is 0 Å². The molecule has 1 aromatic carbocycles. The first kappa shape index (κ1) is 11.1. The van der Waals surface area contributed by atoms with Crippen LogP contribution in [0.3, 0.4) is 0 Å². The van der Waals surface area contributed by atoms with E-state index in [1.54, 1.807) is 0 Å². The highest BCUT2D eigenvalue weighted by molar-refractivity contribution is 6.32. The predicted molar refractivity (Wildman–Crippen MR) is 58.6 cm³/mol. The molecular formula is C11H11ClO4. The van der Waals surface area contributed by atoms with Gasteiger partial charge in [-0.05, 0) is 12.0 Å². The first-order valence-electron chi connectivity index (χ1n) is 4.87. The largest absolute Gasteiger partial charge is 0.478 e. The summed E-state index contributed by atoms with van der Waals surface area (Å²) in [5.41, 5.74) is 0.800. The summed E-state index contributed by atoms with van der Waals surface area (Å²) in [4.78, 5) is 11.1. The van der Waals surface area contributed by atoms with E-state index in [1.807, 2.05) is 13.8 Å². The first-order chi connectivity index (χ1) is 7.52. The Labute approximate surface area is 97.7 Å². The van der Waals surface area contributed by atoms with Gasteiger partial charge in [-0.25, -0.2) is 4.79 Å². The molecule has 0 fully saturated rings. The molecule has 86 valence electrons. The normalized spacial score (nSPS) is 13.2. The quantitative estimate of drug-likeness (QED) is 0.866. The van der Waals surface area contributed by atoms with Crippen LogP contribution in [0.4, 0.5) is 0 Å². The molecule has 1 aromatic rings. The number of carboxylic acids is 1. The Kier molecular flexibility index (Phi) is 2.68. The third kappa shape index (κ3) is 1.59. The number of ether oxygens (including phenoxy) is 2. The second-order valence-corrected chi connectivity index (χ2v) is 4.25. The fourth-order valence-electron chi connectivity index (χ4n) is 1.80. The van der Waals surface area contributed by atoms with Gasteiger partial charge in [-0.1, -0.05) is 25.4 Å². The molecule has 0 spiro atoms. The molecule has 0 amide bonds. The maximum Gasteiger partial charge on any atom is 0.336 e. The third-order valence-electron chi connectivity index (χ3n) is 2.44. The molecule has 0 saturated heterocycles. The Hall–Kier alpha value is -1.42. The number of hydrogen-bond donors (Lipinski definition) is 1. The highest BCUT2D eigenvalue weighted by Gasteiger charge is 2.28. The summed E-state index contributed by atoms with van der Waals surface area (Å²) in [6.45, 7) is 3.88. The minimum absolute atomic E-state index is 0.0267. The predicted octanol–water partition coefficient (Wildman–Crippen LogP) is 2.89. The van der Waals surface area contributed by atoms with Crippen molar-refractivity contribution in [3.05, 3.63) is 22.2 Å². The van der Waals surface area contributed by atoms with E-state index in [0.29, 0.717) is 17.1 Å². The van der Waals surface area contributed by atoms with E-state index in [9.17, 15) is 4.79 Å². The third-order valence-corrected chi connectivity index (χ3v) is 2.72. The second-order valence-electron chi connectivity index (χ2n) is 3.84. The van der Waals surface area contributed by atoms with Crippen molar-refractivity contribution in [2.45, 2.75) is 19.8 Å². The second kappa shape index (κ2) is 3.87. The van der Waals surface area contributed by atoms with E-state index in [-0.39, 0.29) is 23.3 Å². The van der Waals surface area contributed by atoms with Gasteiger partial charge in [0.2, 0.25) is 6.79 Å². The molecule has 1 N–H and O–H groups in total. The maximum atomic E-state index is 11.1. The number of halogens is 1. The molecule has 0 aliphatic carbocycles. The Bertz CT molecular complexity index is 454. The topological polar surface area (TPSA) is 55.8 Å². The lowest BCUT2D eigenvalue weighted by Gasteiger charge is -2.13. The lowest BCUT2D eigenvalue weighted by Crippen LogP contribution is -2.05. The summed E-state index contributed by atoms with van der Waals surface area (Å²) in [6.07, 6.45) is 0. The zero-order valence-electron chi connectivity index (χ0n) is 8.91. The molecular weight excluding hydrogens is 232 g/mol. The van der Waals surface area contributed by atoms with Crippen LogP contribution >= 0.6 is 11.6 Å². The van der Waals surface area contributed by atoms with Gasteiger partial charge in [-0.3, -0.25) is 0 Å². The van der Waals surface area contributed by atoms with Crippen LogP contribution in [0.2, 0.25) is 5.02 Å². The van der Waals surface area contributed by atoms with Crippen molar-refractivity contribution in [1.29, 1.82) is 0 Å². The Morgan fingerprint density at radius 2 is 2.06 bits per heavy atom. The van der Waals surface area contributed by atoms with Crippen molar-refractivity contribution in [2.24, 2.45) is 0 Å². The van der Waals surface area contributed by atoms with Gasteiger partial charge >= 0.3 is 5.97 Å². The molecule has 0 saturated carbocycles. The van der Waals surface area contributed by atoms with Gasteiger partial charge in [-0.15, -0.1) is 0 Å². The standard InChI is InChI=1S/C11H11ClO4/c1-5(2)8-6(11(13)14)3-7(12)9-10(8)16-4-15-9/h3,5H,4H2,1-2H3,(H,13,14). The summed E-state index contributed by atoms with van der Waals surface area (Å²) in [5, 5.41) is 9.39. The molecule has 1 aliphatic rings. The van der Waals surface area contributed by atoms with Gasteiger partial charge in [0.1, 0.15) is 0 Å². The van der Waals surface area contributed by atoms with Crippen LogP contribution in [-0.2, 0) is 0 Å². The van der Waals surface area contributed by atoms with Crippen LogP contribution in [0.25, 0.3) is 0 Å². The van der Waals surface area contributed by atoms with Crippen LogP contribution in [0.15, 0.2) is 6.07 Å². The smallest absolute Gasteiger partial charge is 0.336 e. The fraction of sp³-hybridized carbons (Fsp3) is 0.364. The van der Waals surface area contributed by atoms with Crippen LogP contribution < -0.4 is 9.47 Å². The van der Waals surface area contributed by atoms with Crippen LogP contribution in [0, 0.1) is 0 Å². The Morgan fingerprint density at radius 1 is 1.44 bits per heavy atom. The van der Waals surface area contributed by atoms with Crippen molar-refractivity contribution in [3.8, 4) is 11.5 Å². The Balaban J connectivity index is 2.72. The molecule has 0 atom stereocenters. The summed E-state index contributed by atoms with van der Waals surface area (Å²) in [7, 11) is 0. The van der Waals surface area contributed by atoms with E-state index < -0.39 is 5.97 Å². The summed E-state index contributed by atoms with van der Waals surface area (Å²) in [5.74, 6) is -0.0852. The number of fused-ring (bicyclic) bond motifs is 1. The molecule has 0 unspecified atom stereocenters. The zero-order valence-corrected chi connectivity index (χ0v) is 9.67. The number of aromatic carboxylic acids is 1. The molecule has 2 rings (SSSR count). The zero-order chi connectivity index (χ0) is 11.9. The van der Waals surface area contributed by atoms with Crippen LogP contribution in [0.5, 0.6) is 11.5 Å². The number of hydrogen-bond acceptors (Lipinski definition) is 3. The summed E-state index contributed by atoms with van der Waals surface area (Å²) in [6, 6.07) is 1.41. The van der Waals surface area contributed by atoms with Gasteiger partial charge in [0.15, 0.2) is 11.5 Å². The molecule has 0 bridgehead atoms. The first-order valence-corrected chi connectivity index (χ1v) is 5.25. The monoisotopic (exact) mass is 242 g/mol. The lowest BCUT2D eigenvalue weighted by atomic mass is 9.95. The molecule has 4 nitrogen and oxygen atoms in total.